The van der Waals surface area contributed by atoms with Gasteiger partial charge in [0.15, 0.2) is 0 Å². The highest BCUT2D eigenvalue weighted by molar-refractivity contribution is 9.10. The Morgan fingerprint density at radius 1 is 1.58 bits per heavy atom. The van der Waals surface area contributed by atoms with Crippen molar-refractivity contribution in [3.05, 3.63) is 28.5 Å². The van der Waals surface area contributed by atoms with Crippen molar-refractivity contribution in [1.29, 1.82) is 0 Å². The van der Waals surface area contributed by atoms with Crippen LogP contribution in [0.5, 0.6) is 0 Å². The van der Waals surface area contributed by atoms with E-state index >= 15 is 0 Å². The molecule has 1 N–H and O–H groups in total. The van der Waals surface area contributed by atoms with Gasteiger partial charge in [-0.05, 0) is 22.0 Å². The van der Waals surface area contributed by atoms with Gasteiger partial charge in [0.1, 0.15) is 5.60 Å². The number of hydrogen-bond donors (Lipinski definition) is 1. The van der Waals surface area contributed by atoms with Crippen molar-refractivity contribution in [3.8, 4) is 0 Å². The minimum atomic E-state index is -0.804. The Morgan fingerprint density at radius 3 is 2.83 bits per heavy atom. The minimum absolute atomic E-state index is 0.371. The van der Waals surface area contributed by atoms with E-state index in [4.69, 9.17) is 4.74 Å². The number of aliphatic hydroxyl groups is 1. The van der Waals surface area contributed by atoms with Gasteiger partial charge < -0.3 is 9.84 Å². The number of nitrogens with zero attached hydrogens (tertiary/aromatic N) is 1. The molecule has 0 radical (unpaired) electrons. The Morgan fingerprint density at radius 2 is 2.33 bits per heavy atom. The van der Waals surface area contributed by atoms with Crippen LogP contribution in [-0.2, 0) is 10.3 Å². The van der Waals surface area contributed by atoms with Crippen LogP contribution in [0, 0.1) is 0 Å². The van der Waals surface area contributed by atoms with E-state index in [9.17, 15) is 5.11 Å². The van der Waals surface area contributed by atoms with Crippen molar-refractivity contribution in [2.75, 3.05) is 13.2 Å². The SMILES string of the molecule is OC1(c2ccncc2Br)COC1. The maximum atomic E-state index is 9.88. The summed E-state index contributed by atoms with van der Waals surface area (Å²) < 4.78 is 5.79. The molecule has 0 spiro atoms. The zero-order valence-corrected chi connectivity index (χ0v) is 7.91. The molecule has 1 aliphatic heterocycles. The molecule has 1 aromatic rings. The molecule has 1 aliphatic rings. The van der Waals surface area contributed by atoms with E-state index < -0.39 is 5.60 Å². The topological polar surface area (TPSA) is 42.4 Å². The van der Waals surface area contributed by atoms with Crippen molar-refractivity contribution in [3.63, 3.8) is 0 Å². The number of rotatable bonds is 1. The first-order valence-corrected chi connectivity index (χ1v) is 4.42. The largest absolute Gasteiger partial charge is 0.380 e. The van der Waals surface area contributed by atoms with Gasteiger partial charge in [0, 0.05) is 22.4 Å². The summed E-state index contributed by atoms with van der Waals surface area (Å²) in [4.78, 5) is 3.92. The van der Waals surface area contributed by atoms with Crippen molar-refractivity contribution >= 4 is 15.9 Å². The lowest BCUT2D eigenvalue weighted by molar-refractivity contribution is -0.185. The van der Waals surface area contributed by atoms with Crippen molar-refractivity contribution < 1.29 is 9.84 Å². The summed E-state index contributed by atoms with van der Waals surface area (Å²) in [6, 6.07) is 1.80. The summed E-state index contributed by atoms with van der Waals surface area (Å²) in [6.45, 7) is 0.741. The Bertz CT molecular complexity index is 299. The van der Waals surface area contributed by atoms with Crippen LogP contribution in [0.4, 0.5) is 0 Å². The molecule has 1 aromatic heterocycles. The Balaban J connectivity index is 2.39. The molecule has 0 aromatic carbocycles. The van der Waals surface area contributed by atoms with Crippen LogP contribution in [0.1, 0.15) is 5.56 Å². The molecule has 3 nitrogen and oxygen atoms in total. The Kier molecular flexibility index (Phi) is 1.90. The van der Waals surface area contributed by atoms with Crippen LogP contribution in [-0.4, -0.2) is 23.3 Å². The molecule has 12 heavy (non-hydrogen) atoms. The molecule has 0 saturated carbocycles. The molecule has 1 fully saturated rings. The standard InChI is InChI=1S/C8H8BrNO2/c9-7-3-10-2-1-6(7)8(11)4-12-5-8/h1-3,11H,4-5H2. The summed E-state index contributed by atoms with van der Waals surface area (Å²) in [5, 5.41) is 9.88. The molecule has 2 rings (SSSR count). The number of ether oxygens (including phenoxy) is 1. The van der Waals surface area contributed by atoms with Crippen LogP contribution >= 0.6 is 15.9 Å². The lowest BCUT2D eigenvalue weighted by atomic mass is 9.93. The first-order valence-electron chi connectivity index (χ1n) is 3.62. The van der Waals surface area contributed by atoms with Gasteiger partial charge in [-0.15, -0.1) is 0 Å². The monoisotopic (exact) mass is 229 g/mol. The Labute approximate surface area is 78.5 Å². The third-order valence-electron chi connectivity index (χ3n) is 1.96. The van der Waals surface area contributed by atoms with Crippen LogP contribution < -0.4 is 0 Å². The van der Waals surface area contributed by atoms with E-state index in [1.807, 2.05) is 0 Å². The van der Waals surface area contributed by atoms with Gasteiger partial charge >= 0.3 is 0 Å². The average Bonchev–Trinajstić information content (AvgIpc) is 2.01. The summed E-state index contributed by atoms with van der Waals surface area (Å²) in [5.74, 6) is 0. The second-order valence-electron chi connectivity index (χ2n) is 2.88. The maximum Gasteiger partial charge on any atom is 0.137 e. The molecule has 1 saturated heterocycles. The molecule has 0 bridgehead atoms. The molecule has 0 unspecified atom stereocenters. The zero-order valence-electron chi connectivity index (χ0n) is 6.33. The molecule has 0 amide bonds. The van der Waals surface area contributed by atoms with Gasteiger partial charge in [0.05, 0.1) is 13.2 Å². The molecule has 64 valence electrons. The fourth-order valence-electron chi connectivity index (χ4n) is 1.20. The second-order valence-corrected chi connectivity index (χ2v) is 3.73. The summed E-state index contributed by atoms with van der Waals surface area (Å²) >= 11 is 3.33. The molecule has 2 heterocycles. The summed E-state index contributed by atoms with van der Waals surface area (Å²) in [7, 11) is 0. The highest BCUT2D eigenvalue weighted by atomic mass is 79.9. The fourth-order valence-corrected chi connectivity index (χ4v) is 1.82. The van der Waals surface area contributed by atoms with Gasteiger partial charge in [-0.1, -0.05) is 0 Å². The van der Waals surface area contributed by atoms with E-state index in [-0.39, 0.29) is 0 Å². The van der Waals surface area contributed by atoms with Crippen LogP contribution in [0.25, 0.3) is 0 Å². The molecule has 0 aliphatic carbocycles. The lowest BCUT2D eigenvalue weighted by Gasteiger charge is -2.37. The minimum Gasteiger partial charge on any atom is -0.380 e. The first-order chi connectivity index (χ1) is 5.72. The van der Waals surface area contributed by atoms with Crippen LogP contribution in [0.15, 0.2) is 22.9 Å². The van der Waals surface area contributed by atoms with E-state index in [1.54, 1.807) is 18.5 Å². The number of pyridine rings is 1. The highest BCUT2D eigenvalue weighted by Crippen LogP contribution is 2.33. The van der Waals surface area contributed by atoms with E-state index in [1.165, 1.54) is 0 Å². The third kappa shape index (κ3) is 1.16. The van der Waals surface area contributed by atoms with Gasteiger partial charge in [-0.3, -0.25) is 4.98 Å². The number of aromatic nitrogens is 1. The van der Waals surface area contributed by atoms with E-state index in [0.717, 1.165) is 10.0 Å². The molecular formula is C8H8BrNO2. The number of hydrogen-bond acceptors (Lipinski definition) is 3. The van der Waals surface area contributed by atoms with Crippen molar-refractivity contribution in [2.45, 2.75) is 5.60 Å². The van der Waals surface area contributed by atoms with Gasteiger partial charge in [0.25, 0.3) is 0 Å². The maximum absolute atomic E-state index is 9.88. The zero-order chi connectivity index (χ0) is 8.60. The average molecular weight is 230 g/mol. The summed E-state index contributed by atoms with van der Waals surface area (Å²) in [6.07, 6.45) is 3.34. The smallest absolute Gasteiger partial charge is 0.137 e. The predicted molar refractivity (Wildman–Crippen MR) is 46.7 cm³/mol. The highest BCUT2D eigenvalue weighted by Gasteiger charge is 2.39. The normalized spacial score (nSPS) is 20.2. The quantitative estimate of drug-likeness (QED) is 0.784. The van der Waals surface area contributed by atoms with Gasteiger partial charge in [0.2, 0.25) is 0 Å². The van der Waals surface area contributed by atoms with Crippen molar-refractivity contribution in [1.82, 2.24) is 4.98 Å². The fraction of sp³-hybridized carbons (Fsp3) is 0.375. The van der Waals surface area contributed by atoms with Gasteiger partial charge in [-0.25, -0.2) is 0 Å². The van der Waals surface area contributed by atoms with Crippen molar-refractivity contribution in [2.24, 2.45) is 0 Å². The molecule has 4 heteroatoms. The van der Waals surface area contributed by atoms with Gasteiger partial charge in [-0.2, -0.15) is 0 Å². The lowest BCUT2D eigenvalue weighted by Crippen LogP contribution is -2.46. The second kappa shape index (κ2) is 2.80. The molecular weight excluding hydrogens is 222 g/mol. The van der Waals surface area contributed by atoms with E-state index in [2.05, 4.69) is 20.9 Å². The van der Waals surface area contributed by atoms with E-state index in [0.29, 0.717) is 13.2 Å². The predicted octanol–water partition coefficient (Wildman–Crippen LogP) is 1.06. The number of halogens is 1. The van der Waals surface area contributed by atoms with Crippen LogP contribution in [0.2, 0.25) is 0 Å². The Hall–Kier alpha value is -0.450. The first kappa shape index (κ1) is 8.16. The van der Waals surface area contributed by atoms with Crippen LogP contribution in [0.3, 0.4) is 0 Å². The molecule has 0 atom stereocenters. The third-order valence-corrected chi connectivity index (χ3v) is 2.59. The summed E-state index contributed by atoms with van der Waals surface area (Å²) in [5.41, 5.74) is 0.0469.